The van der Waals surface area contributed by atoms with Gasteiger partial charge in [0.15, 0.2) is 0 Å². The number of fused-ring (bicyclic) bond motifs is 1. The lowest BCUT2D eigenvalue weighted by atomic mass is 10.1. The van der Waals surface area contributed by atoms with Gasteiger partial charge in [-0.3, -0.25) is 0 Å². The minimum atomic E-state index is -0.263. The van der Waals surface area contributed by atoms with Crippen LogP contribution in [0.5, 0.6) is 5.75 Å². The van der Waals surface area contributed by atoms with Crippen LogP contribution in [0.4, 0.5) is 10.1 Å². The third kappa shape index (κ3) is 2.68. The van der Waals surface area contributed by atoms with Gasteiger partial charge in [0.1, 0.15) is 17.7 Å². The maximum Gasteiger partial charge on any atom is 0.138 e. The van der Waals surface area contributed by atoms with E-state index in [1.807, 2.05) is 18.2 Å². The van der Waals surface area contributed by atoms with Crippen LogP contribution in [0.1, 0.15) is 5.56 Å². The average molecular weight is 275 g/mol. The molecule has 0 saturated heterocycles. The summed E-state index contributed by atoms with van der Waals surface area (Å²) in [6, 6.07) is 12.8. The van der Waals surface area contributed by atoms with Crippen LogP contribution in [-0.4, -0.2) is 11.9 Å². The van der Waals surface area contributed by atoms with Gasteiger partial charge in [0, 0.05) is 22.8 Å². The van der Waals surface area contributed by atoms with Gasteiger partial charge in [-0.05, 0) is 29.8 Å². The van der Waals surface area contributed by atoms with Gasteiger partial charge in [0.2, 0.25) is 0 Å². The van der Waals surface area contributed by atoms with Crippen molar-refractivity contribution in [2.75, 3.05) is 11.5 Å². The standard InChI is InChI=1S/C15H14FNOS/c16-13-8-11(17)5-6-15(13)19-9-12-7-10-3-1-2-4-14(10)18-12/h1-6,8,12H,7,9,17H2. The van der Waals surface area contributed by atoms with E-state index in [2.05, 4.69) is 6.07 Å². The highest BCUT2D eigenvalue weighted by Crippen LogP contribution is 2.32. The topological polar surface area (TPSA) is 35.2 Å². The van der Waals surface area contributed by atoms with Crippen LogP contribution >= 0.6 is 11.8 Å². The molecule has 0 fully saturated rings. The summed E-state index contributed by atoms with van der Waals surface area (Å²) in [5, 5.41) is 0. The fourth-order valence-electron chi connectivity index (χ4n) is 2.16. The first kappa shape index (κ1) is 12.4. The van der Waals surface area contributed by atoms with Crippen LogP contribution in [0, 0.1) is 5.82 Å². The van der Waals surface area contributed by atoms with Crippen molar-refractivity contribution in [2.24, 2.45) is 0 Å². The van der Waals surface area contributed by atoms with Gasteiger partial charge in [0.25, 0.3) is 0 Å². The number of anilines is 1. The number of para-hydroxylation sites is 1. The summed E-state index contributed by atoms with van der Waals surface area (Å²) in [4.78, 5) is 0.619. The van der Waals surface area contributed by atoms with Crippen molar-refractivity contribution in [3.63, 3.8) is 0 Å². The highest BCUT2D eigenvalue weighted by molar-refractivity contribution is 7.99. The number of hydrogen-bond acceptors (Lipinski definition) is 3. The Morgan fingerprint density at radius 3 is 2.89 bits per heavy atom. The van der Waals surface area contributed by atoms with Crippen molar-refractivity contribution in [3.05, 3.63) is 53.8 Å². The highest BCUT2D eigenvalue weighted by atomic mass is 32.2. The molecule has 0 radical (unpaired) electrons. The van der Waals surface area contributed by atoms with Gasteiger partial charge in [-0.25, -0.2) is 4.39 Å². The first-order chi connectivity index (χ1) is 9.22. The Bertz CT molecular complexity index is 577. The number of nitrogens with two attached hydrogens (primary N) is 1. The lowest BCUT2D eigenvalue weighted by Crippen LogP contribution is -2.15. The number of thioether (sulfide) groups is 1. The number of benzene rings is 2. The summed E-state index contributed by atoms with van der Waals surface area (Å²) < 4.78 is 19.5. The minimum absolute atomic E-state index is 0.111. The first-order valence-electron chi connectivity index (χ1n) is 6.15. The fraction of sp³-hybridized carbons (Fsp3) is 0.200. The molecular formula is C15H14FNOS. The van der Waals surface area contributed by atoms with Crippen molar-refractivity contribution < 1.29 is 9.13 Å². The molecule has 0 amide bonds. The summed E-state index contributed by atoms with van der Waals surface area (Å²) in [5.74, 6) is 1.42. The van der Waals surface area contributed by atoms with E-state index in [1.165, 1.54) is 23.4 Å². The molecule has 1 heterocycles. The van der Waals surface area contributed by atoms with Gasteiger partial charge < -0.3 is 10.5 Å². The molecule has 0 saturated carbocycles. The predicted octanol–water partition coefficient (Wildman–Crippen LogP) is 3.50. The molecule has 0 aliphatic carbocycles. The van der Waals surface area contributed by atoms with Crippen LogP contribution in [-0.2, 0) is 6.42 Å². The van der Waals surface area contributed by atoms with Crippen molar-refractivity contribution in [1.29, 1.82) is 0 Å². The molecule has 0 spiro atoms. The van der Waals surface area contributed by atoms with Crippen LogP contribution in [0.15, 0.2) is 47.4 Å². The number of rotatable bonds is 3. The SMILES string of the molecule is Nc1ccc(SCC2Cc3ccccc3O2)c(F)c1. The number of nitrogen functional groups attached to an aromatic ring is 1. The fourth-order valence-corrected chi connectivity index (χ4v) is 3.08. The largest absolute Gasteiger partial charge is 0.489 e. The monoisotopic (exact) mass is 275 g/mol. The van der Waals surface area contributed by atoms with Crippen LogP contribution in [0.2, 0.25) is 0 Å². The molecule has 0 aromatic heterocycles. The zero-order valence-corrected chi connectivity index (χ0v) is 11.1. The van der Waals surface area contributed by atoms with E-state index in [1.54, 1.807) is 12.1 Å². The predicted molar refractivity (Wildman–Crippen MR) is 76.1 cm³/mol. The van der Waals surface area contributed by atoms with Crippen LogP contribution < -0.4 is 10.5 Å². The van der Waals surface area contributed by atoms with Gasteiger partial charge in [-0.1, -0.05) is 18.2 Å². The second-order valence-electron chi connectivity index (χ2n) is 4.55. The van der Waals surface area contributed by atoms with E-state index in [0.29, 0.717) is 10.6 Å². The third-order valence-corrected chi connectivity index (χ3v) is 4.28. The van der Waals surface area contributed by atoms with E-state index in [0.717, 1.165) is 17.9 Å². The van der Waals surface area contributed by atoms with E-state index >= 15 is 0 Å². The van der Waals surface area contributed by atoms with Crippen molar-refractivity contribution in [2.45, 2.75) is 17.4 Å². The molecule has 4 heteroatoms. The van der Waals surface area contributed by atoms with Gasteiger partial charge in [-0.15, -0.1) is 11.8 Å². The summed E-state index contributed by atoms with van der Waals surface area (Å²) >= 11 is 1.47. The maximum absolute atomic E-state index is 13.6. The van der Waals surface area contributed by atoms with Crippen molar-refractivity contribution in [3.8, 4) is 5.75 Å². The molecule has 2 aromatic rings. The molecule has 1 aliphatic heterocycles. The highest BCUT2D eigenvalue weighted by Gasteiger charge is 2.22. The Hall–Kier alpha value is -1.68. The maximum atomic E-state index is 13.6. The van der Waals surface area contributed by atoms with Crippen molar-refractivity contribution in [1.82, 2.24) is 0 Å². The Kier molecular flexibility index (Phi) is 3.34. The van der Waals surface area contributed by atoms with Crippen LogP contribution in [0.25, 0.3) is 0 Å². The molecule has 1 unspecified atom stereocenters. The molecule has 3 rings (SSSR count). The smallest absolute Gasteiger partial charge is 0.138 e. The Labute approximate surface area is 115 Å². The molecule has 19 heavy (non-hydrogen) atoms. The minimum Gasteiger partial charge on any atom is -0.489 e. The molecule has 1 atom stereocenters. The Morgan fingerprint density at radius 1 is 1.26 bits per heavy atom. The molecule has 0 bridgehead atoms. The quantitative estimate of drug-likeness (QED) is 0.688. The van der Waals surface area contributed by atoms with Gasteiger partial charge in [-0.2, -0.15) is 0 Å². The molecule has 2 nitrogen and oxygen atoms in total. The lowest BCUT2D eigenvalue weighted by Gasteiger charge is -2.10. The summed E-state index contributed by atoms with van der Waals surface area (Å²) in [6.45, 7) is 0. The second kappa shape index (κ2) is 5.13. The van der Waals surface area contributed by atoms with E-state index in [4.69, 9.17) is 10.5 Å². The third-order valence-electron chi connectivity index (χ3n) is 3.09. The Balaban J connectivity index is 1.63. The first-order valence-corrected chi connectivity index (χ1v) is 7.13. The number of ether oxygens (including phenoxy) is 1. The second-order valence-corrected chi connectivity index (χ2v) is 5.61. The molecule has 2 N–H and O–H groups in total. The normalized spacial score (nSPS) is 17.0. The zero-order valence-electron chi connectivity index (χ0n) is 10.3. The zero-order chi connectivity index (χ0) is 13.2. The molecule has 2 aromatic carbocycles. The lowest BCUT2D eigenvalue weighted by molar-refractivity contribution is 0.259. The molecule has 1 aliphatic rings. The van der Waals surface area contributed by atoms with Crippen LogP contribution in [0.3, 0.4) is 0 Å². The number of halogens is 1. The van der Waals surface area contributed by atoms with E-state index in [9.17, 15) is 4.39 Å². The summed E-state index contributed by atoms with van der Waals surface area (Å²) in [7, 11) is 0. The molecular weight excluding hydrogens is 261 g/mol. The summed E-state index contributed by atoms with van der Waals surface area (Å²) in [5.41, 5.74) is 7.21. The van der Waals surface area contributed by atoms with E-state index < -0.39 is 0 Å². The summed E-state index contributed by atoms with van der Waals surface area (Å²) in [6.07, 6.45) is 0.999. The van der Waals surface area contributed by atoms with Gasteiger partial charge >= 0.3 is 0 Å². The Morgan fingerprint density at radius 2 is 2.11 bits per heavy atom. The van der Waals surface area contributed by atoms with E-state index in [-0.39, 0.29) is 11.9 Å². The number of hydrogen-bond donors (Lipinski definition) is 1. The average Bonchev–Trinajstić information content (AvgIpc) is 2.80. The molecule has 98 valence electrons. The van der Waals surface area contributed by atoms with Crippen molar-refractivity contribution >= 4 is 17.4 Å². The van der Waals surface area contributed by atoms with Gasteiger partial charge in [0.05, 0.1) is 0 Å².